The second kappa shape index (κ2) is 9.46. The van der Waals surface area contributed by atoms with Crippen molar-refractivity contribution in [3.05, 3.63) is 52.5 Å². The van der Waals surface area contributed by atoms with Crippen LogP contribution in [-0.2, 0) is 9.59 Å². The Morgan fingerprint density at radius 3 is 2.50 bits per heavy atom. The summed E-state index contributed by atoms with van der Waals surface area (Å²) in [5.41, 5.74) is 0.948. The molecule has 26 heavy (non-hydrogen) atoms. The fourth-order valence-electron chi connectivity index (χ4n) is 2.17. The number of anilines is 2. The van der Waals surface area contributed by atoms with E-state index in [4.69, 9.17) is 27.9 Å². The molecule has 2 aromatic rings. The Balaban J connectivity index is 2.05. The van der Waals surface area contributed by atoms with Crippen LogP contribution in [0.2, 0.25) is 10.0 Å². The summed E-state index contributed by atoms with van der Waals surface area (Å²) in [4.78, 5) is 24.1. The fraction of sp³-hybridized carbons (Fsp3) is 0.263. The smallest absolute Gasteiger partial charge is 0.265 e. The zero-order chi connectivity index (χ0) is 19.1. The maximum atomic E-state index is 12.4. The molecular weight excluding hydrogens is 375 g/mol. The summed E-state index contributed by atoms with van der Waals surface area (Å²) in [7, 11) is 0. The van der Waals surface area contributed by atoms with Crippen molar-refractivity contribution in [3.8, 4) is 5.75 Å². The minimum absolute atomic E-state index is 0.0949. The Morgan fingerprint density at radius 1 is 1.08 bits per heavy atom. The number of hydrogen-bond acceptors (Lipinski definition) is 3. The van der Waals surface area contributed by atoms with Crippen LogP contribution in [0.1, 0.15) is 26.7 Å². The summed E-state index contributed by atoms with van der Waals surface area (Å²) in [6.07, 6.45) is 0.386. The Morgan fingerprint density at radius 2 is 1.81 bits per heavy atom. The SMILES string of the molecule is CCCC(=O)Nc1ccc(Cl)c(NC(=O)C(C)Oc2ccccc2Cl)c1. The highest BCUT2D eigenvalue weighted by molar-refractivity contribution is 6.34. The number of halogens is 2. The Kier molecular flexibility index (Phi) is 7.30. The van der Waals surface area contributed by atoms with Crippen LogP contribution < -0.4 is 15.4 Å². The lowest BCUT2D eigenvalue weighted by Gasteiger charge is -2.16. The molecule has 2 N–H and O–H groups in total. The van der Waals surface area contributed by atoms with Gasteiger partial charge in [0.05, 0.1) is 15.7 Å². The zero-order valence-electron chi connectivity index (χ0n) is 14.5. The quantitative estimate of drug-likeness (QED) is 0.682. The van der Waals surface area contributed by atoms with Gasteiger partial charge in [-0.05, 0) is 43.7 Å². The topological polar surface area (TPSA) is 67.4 Å². The lowest BCUT2D eigenvalue weighted by atomic mass is 10.2. The van der Waals surface area contributed by atoms with Gasteiger partial charge in [0.2, 0.25) is 5.91 Å². The summed E-state index contributed by atoms with van der Waals surface area (Å²) < 4.78 is 5.59. The van der Waals surface area contributed by atoms with Gasteiger partial charge in [-0.2, -0.15) is 0 Å². The number of rotatable bonds is 7. The standard InChI is InChI=1S/C19H20Cl2N2O3/c1-3-6-18(24)22-13-9-10-14(20)16(11-13)23-19(25)12(2)26-17-8-5-4-7-15(17)21/h4-5,7-12H,3,6H2,1-2H3,(H,22,24)(H,23,25). The molecule has 0 spiro atoms. The van der Waals surface area contributed by atoms with Crippen LogP contribution in [0.15, 0.2) is 42.5 Å². The van der Waals surface area contributed by atoms with Gasteiger partial charge in [0.25, 0.3) is 5.91 Å². The largest absolute Gasteiger partial charge is 0.479 e. The molecule has 0 aromatic heterocycles. The van der Waals surface area contributed by atoms with E-state index in [0.29, 0.717) is 33.6 Å². The Bertz CT molecular complexity index is 796. The van der Waals surface area contributed by atoms with Gasteiger partial charge < -0.3 is 15.4 Å². The first-order chi connectivity index (χ1) is 12.4. The number of nitrogens with one attached hydrogen (secondary N) is 2. The number of ether oxygens (including phenoxy) is 1. The van der Waals surface area contributed by atoms with E-state index in [-0.39, 0.29) is 11.8 Å². The van der Waals surface area contributed by atoms with E-state index in [1.807, 2.05) is 6.92 Å². The van der Waals surface area contributed by atoms with Crippen molar-refractivity contribution in [2.45, 2.75) is 32.8 Å². The molecule has 0 saturated heterocycles. The molecule has 0 aliphatic carbocycles. The van der Waals surface area contributed by atoms with Crippen LogP contribution in [0.4, 0.5) is 11.4 Å². The highest BCUT2D eigenvalue weighted by atomic mass is 35.5. The van der Waals surface area contributed by atoms with E-state index in [1.165, 1.54) is 0 Å². The number of hydrogen-bond donors (Lipinski definition) is 2. The first-order valence-corrected chi connectivity index (χ1v) is 8.97. The van der Waals surface area contributed by atoms with Crippen molar-refractivity contribution in [1.82, 2.24) is 0 Å². The van der Waals surface area contributed by atoms with E-state index in [9.17, 15) is 9.59 Å². The van der Waals surface area contributed by atoms with Crippen molar-refractivity contribution in [2.24, 2.45) is 0 Å². The average molecular weight is 395 g/mol. The number of para-hydroxylation sites is 1. The second-order valence-electron chi connectivity index (χ2n) is 5.67. The van der Waals surface area contributed by atoms with Crippen LogP contribution in [-0.4, -0.2) is 17.9 Å². The van der Waals surface area contributed by atoms with E-state index in [2.05, 4.69) is 10.6 Å². The number of carbonyl (C=O) groups is 2. The van der Waals surface area contributed by atoms with E-state index in [1.54, 1.807) is 49.4 Å². The number of benzene rings is 2. The molecule has 7 heteroatoms. The molecule has 5 nitrogen and oxygen atoms in total. The van der Waals surface area contributed by atoms with Crippen LogP contribution >= 0.6 is 23.2 Å². The van der Waals surface area contributed by atoms with Crippen LogP contribution in [0.5, 0.6) is 5.75 Å². The van der Waals surface area contributed by atoms with Gasteiger partial charge in [-0.15, -0.1) is 0 Å². The van der Waals surface area contributed by atoms with Gasteiger partial charge in [0.1, 0.15) is 5.75 Å². The van der Waals surface area contributed by atoms with E-state index in [0.717, 1.165) is 6.42 Å². The summed E-state index contributed by atoms with van der Waals surface area (Å²) in [5, 5.41) is 6.25. The molecule has 2 aromatic carbocycles. The van der Waals surface area contributed by atoms with Crippen molar-refractivity contribution in [2.75, 3.05) is 10.6 Å². The summed E-state index contributed by atoms with van der Waals surface area (Å²) in [5.74, 6) is -0.0603. The molecule has 0 heterocycles. The molecule has 138 valence electrons. The third kappa shape index (κ3) is 5.64. The molecule has 0 aliphatic rings. The molecule has 2 rings (SSSR count). The fourth-order valence-corrected chi connectivity index (χ4v) is 2.51. The van der Waals surface area contributed by atoms with Gasteiger partial charge in [-0.3, -0.25) is 9.59 Å². The van der Waals surface area contributed by atoms with Crippen molar-refractivity contribution in [3.63, 3.8) is 0 Å². The normalized spacial score (nSPS) is 11.5. The predicted octanol–water partition coefficient (Wildman–Crippen LogP) is 5.14. The third-order valence-electron chi connectivity index (χ3n) is 3.49. The highest BCUT2D eigenvalue weighted by Crippen LogP contribution is 2.27. The average Bonchev–Trinajstić information content (AvgIpc) is 2.60. The summed E-state index contributed by atoms with van der Waals surface area (Å²) in [6.45, 7) is 3.53. The molecule has 0 bridgehead atoms. The molecule has 1 unspecified atom stereocenters. The Labute approximate surface area is 162 Å². The minimum Gasteiger partial charge on any atom is -0.479 e. The summed E-state index contributed by atoms with van der Waals surface area (Å²) in [6, 6.07) is 11.8. The van der Waals surface area contributed by atoms with Gasteiger partial charge >= 0.3 is 0 Å². The van der Waals surface area contributed by atoms with Crippen molar-refractivity contribution in [1.29, 1.82) is 0 Å². The first kappa shape index (κ1) is 20.1. The lowest BCUT2D eigenvalue weighted by Crippen LogP contribution is -2.30. The predicted molar refractivity (Wildman–Crippen MR) is 105 cm³/mol. The van der Waals surface area contributed by atoms with Gasteiger partial charge in [-0.25, -0.2) is 0 Å². The zero-order valence-corrected chi connectivity index (χ0v) is 16.0. The van der Waals surface area contributed by atoms with Crippen LogP contribution in [0.25, 0.3) is 0 Å². The molecule has 2 amide bonds. The van der Waals surface area contributed by atoms with Crippen molar-refractivity contribution >= 4 is 46.4 Å². The molecule has 0 aliphatic heterocycles. The lowest BCUT2D eigenvalue weighted by molar-refractivity contribution is -0.122. The molecule has 0 radical (unpaired) electrons. The molecule has 0 saturated carbocycles. The Hall–Kier alpha value is -2.24. The first-order valence-electron chi connectivity index (χ1n) is 8.22. The molecule has 0 fully saturated rings. The van der Waals surface area contributed by atoms with Gasteiger partial charge in [0.15, 0.2) is 6.10 Å². The van der Waals surface area contributed by atoms with Gasteiger partial charge in [-0.1, -0.05) is 42.3 Å². The highest BCUT2D eigenvalue weighted by Gasteiger charge is 2.17. The maximum Gasteiger partial charge on any atom is 0.265 e. The molecule has 1 atom stereocenters. The van der Waals surface area contributed by atoms with E-state index < -0.39 is 6.10 Å². The van der Waals surface area contributed by atoms with Gasteiger partial charge in [0, 0.05) is 12.1 Å². The third-order valence-corrected chi connectivity index (χ3v) is 4.14. The van der Waals surface area contributed by atoms with Crippen LogP contribution in [0, 0.1) is 0 Å². The molecular formula is C19H20Cl2N2O3. The maximum absolute atomic E-state index is 12.4. The van der Waals surface area contributed by atoms with Crippen molar-refractivity contribution < 1.29 is 14.3 Å². The van der Waals surface area contributed by atoms with E-state index >= 15 is 0 Å². The summed E-state index contributed by atoms with van der Waals surface area (Å²) >= 11 is 12.2. The monoisotopic (exact) mass is 394 g/mol. The van der Waals surface area contributed by atoms with Crippen LogP contribution in [0.3, 0.4) is 0 Å². The number of carbonyl (C=O) groups excluding carboxylic acids is 2. The number of amides is 2. The second-order valence-corrected chi connectivity index (χ2v) is 6.49. The minimum atomic E-state index is -0.788.